The lowest BCUT2D eigenvalue weighted by Crippen LogP contribution is -2.56. The van der Waals surface area contributed by atoms with Crippen LogP contribution in [0.15, 0.2) is 0 Å². The standard InChI is InChI=1S/C15H31N3O/c1-14(2,15(3,4)16)13(19)18(6)11-12-7-9-17(5)10-8-12/h12H,7-11,16H2,1-6H3. The van der Waals surface area contributed by atoms with E-state index in [0.29, 0.717) is 5.92 Å². The lowest BCUT2D eigenvalue weighted by Gasteiger charge is -2.41. The molecule has 0 unspecified atom stereocenters. The Morgan fingerprint density at radius 2 is 1.74 bits per heavy atom. The summed E-state index contributed by atoms with van der Waals surface area (Å²) < 4.78 is 0. The summed E-state index contributed by atoms with van der Waals surface area (Å²) in [5, 5.41) is 0. The van der Waals surface area contributed by atoms with Crippen molar-refractivity contribution in [3.05, 3.63) is 0 Å². The second kappa shape index (κ2) is 5.80. The molecule has 1 amide bonds. The molecule has 0 bridgehead atoms. The first kappa shape index (κ1) is 16.4. The highest BCUT2D eigenvalue weighted by molar-refractivity contribution is 5.83. The van der Waals surface area contributed by atoms with Crippen molar-refractivity contribution in [3.8, 4) is 0 Å². The molecular weight excluding hydrogens is 238 g/mol. The number of amides is 1. The normalized spacial score (nSPS) is 19.5. The third-order valence-corrected chi connectivity index (χ3v) is 4.86. The molecule has 0 atom stereocenters. The first-order valence-electron chi connectivity index (χ1n) is 7.28. The molecule has 4 nitrogen and oxygen atoms in total. The van der Waals surface area contributed by atoms with Crippen molar-refractivity contribution in [2.75, 3.05) is 33.7 Å². The topological polar surface area (TPSA) is 49.6 Å². The van der Waals surface area contributed by atoms with Gasteiger partial charge < -0.3 is 15.5 Å². The van der Waals surface area contributed by atoms with Crippen LogP contribution in [0.4, 0.5) is 0 Å². The largest absolute Gasteiger partial charge is 0.345 e. The maximum Gasteiger partial charge on any atom is 0.229 e. The van der Waals surface area contributed by atoms with E-state index in [2.05, 4.69) is 11.9 Å². The summed E-state index contributed by atoms with van der Waals surface area (Å²) in [5.41, 5.74) is 5.11. The van der Waals surface area contributed by atoms with Crippen LogP contribution in [0.5, 0.6) is 0 Å². The van der Waals surface area contributed by atoms with Gasteiger partial charge in [-0.2, -0.15) is 0 Å². The smallest absolute Gasteiger partial charge is 0.229 e. The summed E-state index contributed by atoms with van der Waals surface area (Å²) in [7, 11) is 4.07. The molecule has 1 fully saturated rings. The van der Waals surface area contributed by atoms with Crippen molar-refractivity contribution in [1.82, 2.24) is 9.80 Å². The Labute approximate surface area is 118 Å². The predicted molar refractivity (Wildman–Crippen MR) is 79.9 cm³/mol. The van der Waals surface area contributed by atoms with Crippen molar-refractivity contribution in [3.63, 3.8) is 0 Å². The molecule has 0 spiro atoms. The second-order valence-electron chi connectivity index (χ2n) is 7.28. The maximum absolute atomic E-state index is 12.6. The molecule has 0 aromatic heterocycles. The summed E-state index contributed by atoms with van der Waals surface area (Å²) >= 11 is 0. The van der Waals surface area contributed by atoms with Crippen LogP contribution < -0.4 is 5.73 Å². The van der Waals surface area contributed by atoms with Crippen LogP contribution in [0.2, 0.25) is 0 Å². The molecule has 0 radical (unpaired) electrons. The van der Waals surface area contributed by atoms with Gasteiger partial charge in [-0.05, 0) is 66.6 Å². The number of piperidine rings is 1. The van der Waals surface area contributed by atoms with Gasteiger partial charge in [0.15, 0.2) is 0 Å². The first-order chi connectivity index (χ1) is 8.55. The lowest BCUT2D eigenvalue weighted by atomic mass is 9.74. The van der Waals surface area contributed by atoms with Gasteiger partial charge in [0.1, 0.15) is 0 Å². The van der Waals surface area contributed by atoms with E-state index in [1.807, 2.05) is 39.6 Å². The molecule has 4 heteroatoms. The van der Waals surface area contributed by atoms with Gasteiger partial charge in [0.2, 0.25) is 5.91 Å². The van der Waals surface area contributed by atoms with Gasteiger partial charge in [0, 0.05) is 19.1 Å². The van der Waals surface area contributed by atoms with Crippen LogP contribution in [-0.4, -0.2) is 55.0 Å². The molecule has 19 heavy (non-hydrogen) atoms. The highest BCUT2D eigenvalue weighted by Crippen LogP contribution is 2.31. The first-order valence-corrected chi connectivity index (χ1v) is 7.28. The zero-order valence-corrected chi connectivity index (χ0v) is 13.5. The van der Waals surface area contributed by atoms with Gasteiger partial charge in [-0.3, -0.25) is 4.79 Å². The number of hydrogen-bond acceptors (Lipinski definition) is 3. The number of carbonyl (C=O) groups is 1. The SMILES string of the molecule is CN1CCC(CN(C)C(=O)C(C)(C)C(C)(C)N)CC1. The minimum atomic E-state index is -0.535. The average molecular weight is 269 g/mol. The Bertz CT molecular complexity index is 312. The van der Waals surface area contributed by atoms with E-state index in [9.17, 15) is 4.79 Å². The number of hydrogen-bond donors (Lipinski definition) is 1. The van der Waals surface area contributed by atoms with E-state index in [1.165, 1.54) is 12.8 Å². The molecule has 1 heterocycles. The third-order valence-electron chi connectivity index (χ3n) is 4.86. The highest BCUT2D eigenvalue weighted by atomic mass is 16.2. The van der Waals surface area contributed by atoms with Crippen LogP contribution >= 0.6 is 0 Å². The molecule has 2 N–H and O–H groups in total. The van der Waals surface area contributed by atoms with Crippen molar-refractivity contribution in [2.24, 2.45) is 17.1 Å². The number of carbonyl (C=O) groups excluding carboxylic acids is 1. The zero-order valence-electron chi connectivity index (χ0n) is 13.5. The predicted octanol–water partition coefficient (Wildman–Crippen LogP) is 1.55. The van der Waals surface area contributed by atoms with Gasteiger partial charge in [-0.15, -0.1) is 0 Å². The van der Waals surface area contributed by atoms with Crippen LogP contribution in [0.1, 0.15) is 40.5 Å². The van der Waals surface area contributed by atoms with Gasteiger partial charge in [-0.25, -0.2) is 0 Å². The van der Waals surface area contributed by atoms with Gasteiger partial charge in [-0.1, -0.05) is 0 Å². The number of rotatable bonds is 4. The number of nitrogens with two attached hydrogens (primary N) is 1. The third kappa shape index (κ3) is 3.93. The minimum Gasteiger partial charge on any atom is -0.345 e. The van der Waals surface area contributed by atoms with Crippen molar-refractivity contribution in [2.45, 2.75) is 46.1 Å². The fraction of sp³-hybridized carbons (Fsp3) is 0.933. The monoisotopic (exact) mass is 269 g/mol. The van der Waals surface area contributed by atoms with Crippen molar-refractivity contribution >= 4 is 5.91 Å². The van der Waals surface area contributed by atoms with Gasteiger partial charge >= 0.3 is 0 Å². The highest BCUT2D eigenvalue weighted by Gasteiger charge is 2.42. The molecule has 1 aliphatic rings. The van der Waals surface area contributed by atoms with Gasteiger partial charge in [0.05, 0.1) is 5.41 Å². The van der Waals surface area contributed by atoms with E-state index >= 15 is 0 Å². The fourth-order valence-corrected chi connectivity index (χ4v) is 2.47. The molecule has 0 aliphatic carbocycles. The Kier molecular flexibility index (Phi) is 5.02. The van der Waals surface area contributed by atoms with E-state index in [-0.39, 0.29) is 5.91 Å². The fourth-order valence-electron chi connectivity index (χ4n) is 2.47. The van der Waals surface area contributed by atoms with E-state index in [1.54, 1.807) is 0 Å². The Balaban J connectivity index is 2.58. The summed E-state index contributed by atoms with van der Waals surface area (Å²) in [4.78, 5) is 16.8. The Morgan fingerprint density at radius 3 is 2.16 bits per heavy atom. The molecule has 0 aromatic carbocycles. The molecule has 1 aliphatic heterocycles. The molecule has 0 aromatic rings. The van der Waals surface area contributed by atoms with E-state index in [4.69, 9.17) is 5.73 Å². The van der Waals surface area contributed by atoms with Crippen LogP contribution in [0.3, 0.4) is 0 Å². The van der Waals surface area contributed by atoms with Crippen LogP contribution in [0, 0.1) is 11.3 Å². The Hall–Kier alpha value is -0.610. The average Bonchev–Trinajstić information content (AvgIpc) is 2.29. The van der Waals surface area contributed by atoms with Crippen molar-refractivity contribution < 1.29 is 4.79 Å². The quantitative estimate of drug-likeness (QED) is 0.842. The molecule has 0 saturated carbocycles. The summed E-state index contributed by atoms with van der Waals surface area (Å²) in [5.74, 6) is 0.778. The molecule has 1 rings (SSSR count). The second-order valence-corrected chi connectivity index (χ2v) is 7.28. The molecule has 1 saturated heterocycles. The van der Waals surface area contributed by atoms with E-state index < -0.39 is 11.0 Å². The summed E-state index contributed by atoms with van der Waals surface area (Å²) in [6.45, 7) is 10.9. The van der Waals surface area contributed by atoms with Crippen molar-refractivity contribution in [1.29, 1.82) is 0 Å². The molecular formula is C15H31N3O. The summed E-state index contributed by atoms with van der Waals surface area (Å²) in [6.07, 6.45) is 2.36. The maximum atomic E-state index is 12.6. The number of nitrogens with zero attached hydrogens (tertiary/aromatic N) is 2. The minimum absolute atomic E-state index is 0.152. The van der Waals surface area contributed by atoms with E-state index in [0.717, 1.165) is 19.6 Å². The summed E-state index contributed by atoms with van der Waals surface area (Å²) in [6, 6.07) is 0. The van der Waals surface area contributed by atoms with Gasteiger partial charge in [0.25, 0.3) is 0 Å². The Morgan fingerprint density at radius 1 is 1.26 bits per heavy atom. The number of likely N-dealkylation sites (tertiary alicyclic amines) is 1. The van der Waals surface area contributed by atoms with Crippen LogP contribution in [-0.2, 0) is 4.79 Å². The molecule has 112 valence electrons. The zero-order chi connectivity index (χ0) is 14.8. The lowest BCUT2D eigenvalue weighted by molar-refractivity contribution is -0.142. The van der Waals surface area contributed by atoms with Crippen LogP contribution in [0.25, 0.3) is 0 Å².